The maximum Gasteiger partial charge on any atom is 0.331 e. The van der Waals surface area contributed by atoms with Crippen LogP contribution in [0, 0.1) is 0 Å². The lowest BCUT2D eigenvalue weighted by Gasteiger charge is -2.10. The molecule has 6 nitrogen and oxygen atoms in total. The van der Waals surface area contributed by atoms with Crippen LogP contribution in [0.3, 0.4) is 0 Å². The molecule has 0 aliphatic heterocycles. The van der Waals surface area contributed by atoms with E-state index >= 15 is 0 Å². The third-order valence-corrected chi connectivity index (χ3v) is 9.73. The number of Topliss-reactive ketones (excluding diaryl/α,β-unsaturated/α-hetero) is 1. The fourth-order valence-corrected chi connectivity index (χ4v) is 7.39. The number of hydrogen-bond acceptors (Lipinski definition) is 7. The van der Waals surface area contributed by atoms with Gasteiger partial charge in [0.25, 0.3) is 0 Å². The van der Waals surface area contributed by atoms with Crippen molar-refractivity contribution in [1.82, 2.24) is 9.55 Å². The van der Waals surface area contributed by atoms with Crippen molar-refractivity contribution in [2.45, 2.75) is 24.1 Å². The maximum atomic E-state index is 12.8. The monoisotopic (exact) mass is 641 g/mol. The first-order valence-corrected chi connectivity index (χ1v) is 16.6. The van der Waals surface area contributed by atoms with Crippen LogP contribution in [0.4, 0.5) is 0 Å². The van der Waals surface area contributed by atoms with Crippen molar-refractivity contribution in [1.29, 1.82) is 0 Å². The summed E-state index contributed by atoms with van der Waals surface area (Å²) in [4.78, 5) is 34.4. The smallest absolute Gasteiger partial charge is 0.318 e. The topological polar surface area (TPSA) is 73.6 Å². The zero-order valence-electron chi connectivity index (χ0n) is 25.3. The second-order valence-corrected chi connectivity index (χ2v) is 13.0. The van der Waals surface area contributed by atoms with Gasteiger partial charge < -0.3 is 9.40 Å². The Morgan fingerprint density at radius 3 is 2.48 bits per heavy atom. The van der Waals surface area contributed by atoms with Crippen molar-refractivity contribution < 1.29 is 14.4 Å². The summed E-state index contributed by atoms with van der Waals surface area (Å²) in [5.74, 6) is 0.271. The third-order valence-electron chi connectivity index (χ3n) is 7.46. The molecule has 228 valence electrons. The van der Waals surface area contributed by atoms with E-state index in [1.54, 1.807) is 41.3 Å². The van der Waals surface area contributed by atoms with E-state index in [1.807, 2.05) is 60.7 Å². The Morgan fingerprint density at radius 2 is 1.70 bits per heavy atom. The summed E-state index contributed by atoms with van der Waals surface area (Å²) in [5.41, 5.74) is 6.59. The molecule has 0 amide bonds. The number of aromatic nitrogens is 2. The van der Waals surface area contributed by atoms with E-state index in [1.165, 1.54) is 11.6 Å². The fourth-order valence-electron chi connectivity index (χ4n) is 5.31. The Bertz CT molecular complexity index is 2140. The summed E-state index contributed by atoms with van der Waals surface area (Å²) >= 11 is 3.43. The van der Waals surface area contributed by atoms with E-state index in [-0.39, 0.29) is 5.78 Å². The van der Waals surface area contributed by atoms with Gasteiger partial charge in [-0.05, 0) is 67.4 Å². The fraction of sp³-hybridized carbons (Fsp3) is 0.105. The van der Waals surface area contributed by atoms with Crippen molar-refractivity contribution in [3.8, 4) is 5.69 Å². The number of para-hydroxylation sites is 2. The van der Waals surface area contributed by atoms with E-state index < -0.39 is 5.97 Å². The minimum atomic E-state index is -0.457. The molecule has 0 N–H and O–H groups in total. The Balaban J connectivity index is 1.28. The Kier molecular flexibility index (Phi) is 9.38. The van der Waals surface area contributed by atoms with Crippen LogP contribution in [0.15, 0.2) is 137 Å². The Labute approximate surface area is 275 Å². The molecule has 0 atom stereocenters. The van der Waals surface area contributed by atoms with Crippen LogP contribution < -0.4 is 0 Å². The molecule has 4 aromatic carbocycles. The second-order valence-electron chi connectivity index (χ2n) is 10.6. The quantitative estimate of drug-likeness (QED) is 0.0194. The number of allylic oxidation sites excluding steroid dienone is 4. The lowest BCUT2D eigenvalue weighted by molar-refractivity contribution is -0.140. The van der Waals surface area contributed by atoms with E-state index in [9.17, 15) is 9.59 Å². The maximum absolute atomic E-state index is 12.8. The van der Waals surface area contributed by atoms with Gasteiger partial charge in [0, 0.05) is 45.8 Å². The molecule has 8 heteroatoms. The van der Waals surface area contributed by atoms with Gasteiger partial charge >= 0.3 is 5.97 Å². The predicted octanol–water partition coefficient (Wildman–Crippen LogP) is 9.71. The molecular formula is C38H31N3O3S2. The van der Waals surface area contributed by atoms with Gasteiger partial charge in [-0.15, -0.1) is 11.3 Å². The molecule has 0 radical (unpaired) electrons. The summed E-state index contributed by atoms with van der Waals surface area (Å²) in [6.07, 6.45) is 6.45. The SMILES string of the molecule is C=C/C=C\C(=C)C(=O)c1ccc(-n2c3ccccc3c3cc(/C(CCCSc4nc5ccccc5s4)=N/OC(C)=O)ccc32)cc1. The lowest BCUT2D eigenvalue weighted by Crippen LogP contribution is -2.05. The Morgan fingerprint density at radius 1 is 0.957 bits per heavy atom. The lowest BCUT2D eigenvalue weighted by atomic mass is 10.0. The van der Waals surface area contributed by atoms with Crippen LogP contribution in [0.5, 0.6) is 0 Å². The van der Waals surface area contributed by atoms with Crippen LogP contribution in [0.1, 0.15) is 35.7 Å². The Hall–Kier alpha value is -5.05. The number of carbonyl (C=O) groups is 2. The minimum Gasteiger partial charge on any atom is -0.318 e. The number of benzene rings is 4. The van der Waals surface area contributed by atoms with E-state index in [0.29, 0.717) is 23.3 Å². The molecule has 0 bridgehead atoms. The van der Waals surface area contributed by atoms with Gasteiger partial charge in [-0.25, -0.2) is 9.78 Å². The molecule has 0 spiro atoms. The van der Waals surface area contributed by atoms with Crippen LogP contribution in [-0.2, 0) is 9.63 Å². The highest BCUT2D eigenvalue weighted by atomic mass is 32.2. The summed E-state index contributed by atoms with van der Waals surface area (Å²) < 4.78 is 4.41. The zero-order chi connectivity index (χ0) is 32.0. The number of nitrogens with zero attached hydrogens (tertiary/aromatic N) is 3. The highest BCUT2D eigenvalue weighted by Crippen LogP contribution is 2.34. The summed E-state index contributed by atoms with van der Waals surface area (Å²) in [6, 6.07) is 30.2. The number of thioether (sulfide) groups is 1. The number of rotatable bonds is 12. The number of fused-ring (bicyclic) bond motifs is 4. The van der Waals surface area contributed by atoms with Gasteiger partial charge in [0.1, 0.15) is 0 Å². The molecule has 0 saturated heterocycles. The standard InChI is InChI=1S/C38H31N3O3S2/c1-4-5-11-25(2)37(43)27-17-20-29(21-18-27)41-34-15-8-6-12-30(34)31-24-28(19-22-35(31)41)32(40-44-26(3)42)14-10-23-45-38-39-33-13-7-9-16-36(33)46-38/h4-9,11-13,15-22,24H,1-2,10,14,23H2,3H3/b11-5-,40-32+. The van der Waals surface area contributed by atoms with Crippen molar-refractivity contribution >= 4 is 72.6 Å². The van der Waals surface area contributed by atoms with Gasteiger partial charge in [-0.2, -0.15) is 0 Å². The number of hydrogen-bond donors (Lipinski definition) is 0. The van der Waals surface area contributed by atoms with E-state index in [2.05, 4.69) is 53.2 Å². The molecule has 0 fully saturated rings. The zero-order valence-corrected chi connectivity index (χ0v) is 26.9. The predicted molar refractivity (Wildman–Crippen MR) is 191 cm³/mol. The molecule has 0 aliphatic rings. The number of thiazole rings is 1. The summed E-state index contributed by atoms with van der Waals surface area (Å²) in [5, 5.41) is 6.41. The third kappa shape index (κ3) is 6.63. The van der Waals surface area contributed by atoms with Crippen molar-refractivity contribution in [2.75, 3.05) is 5.75 Å². The van der Waals surface area contributed by atoms with Gasteiger partial charge in [-0.1, -0.05) is 84.7 Å². The molecule has 0 aliphatic carbocycles. The van der Waals surface area contributed by atoms with Gasteiger partial charge in [0.05, 0.1) is 27.0 Å². The highest BCUT2D eigenvalue weighted by Gasteiger charge is 2.16. The van der Waals surface area contributed by atoms with Gasteiger partial charge in [0.2, 0.25) is 0 Å². The molecule has 46 heavy (non-hydrogen) atoms. The molecule has 6 rings (SSSR count). The first-order valence-electron chi connectivity index (χ1n) is 14.8. The van der Waals surface area contributed by atoms with E-state index in [4.69, 9.17) is 9.82 Å². The minimum absolute atomic E-state index is 0.130. The molecule has 0 unspecified atom stereocenters. The average molecular weight is 642 g/mol. The van der Waals surface area contributed by atoms with Crippen molar-refractivity contribution in [2.24, 2.45) is 5.16 Å². The summed E-state index contributed by atoms with van der Waals surface area (Å²) in [7, 11) is 0. The normalized spacial score (nSPS) is 11.9. The van der Waals surface area contributed by atoms with Crippen LogP contribution in [0.2, 0.25) is 0 Å². The number of carbonyl (C=O) groups excluding carboxylic acids is 2. The number of ketones is 1. The van der Waals surface area contributed by atoms with Gasteiger partial charge in [0.15, 0.2) is 10.1 Å². The van der Waals surface area contributed by atoms with E-state index in [0.717, 1.165) is 55.1 Å². The average Bonchev–Trinajstić information content (AvgIpc) is 3.65. The van der Waals surface area contributed by atoms with Crippen LogP contribution in [-0.4, -0.2) is 32.8 Å². The molecule has 0 saturated carbocycles. The highest BCUT2D eigenvalue weighted by molar-refractivity contribution is 8.01. The first kappa shape index (κ1) is 31.0. The van der Waals surface area contributed by atoms with Crippen LogP contribution in [0.25, 0.3) is 37.7 Å². The molecule has 6 aromatic rings. The molecular weight excluding hydrogens is 611 g/mol. The largest absolute Gasteiger partial charge is 0.331 e. The number of oxime groups is 1. The van der Waals surface area contributed by atoms with Gasteiger partial charge in [-0.3, -0.25) is 4.79 Å². The molecule has 2 heterocycles. The second kappa shape index (κ2) is 13.9. The molecule has 2 aromatic heterocycles. The first-order chi connectivity index (χ1) is 22.4. The van der Waals surface area contributed by atoms with Crippen molar-refractivity contribution in [3.63, 3.8) is 0 Å². The van der Waals surface area contributed by atoms with Crippen molar-refractivity contribution in [3.05, 3.63) is 139 Å². The summed E-state index contributed by atoms with van der Waals surface area (Å²) in [6.45, 7) is 8.89. The van der Waals surface area contributed by atoms with Crippen LogP contribution >= 0.6 is 23.1 Å².